The van der Waals surface area contributed by atoms with Crippen molar-refractivity contribution >= 4 is 11.9 Å². The van der Waals surface area contributed by atoms with Crippen molar-refractivity contribution in [1.29, 1.82) is 0 Å². The van der Waals surface area contributed by atoms with Gasteiger partial charge >= 0.3 is 0 Å². The number of hydrogen-bond acceptors (Lipinski definition) is 7. The summed E-state index contributed by atoms with van der Waals surface area (Å²) in [5.74, 6) is 1.53. The van der Waals surface area contributed by atoms with Crippen LogP contribution in [0.1, 0.15) is 15.9 Å². The number of ketones is 1. The van der Waals surface area contributed by atoms with E-state index in [0.29, 0.717) is 34.3 Å². The highest BCUT2D eigenvalue weighted by Crippen LogP contribution is 2.37. The molecule has 144 valence electrons. The number of phenolic OH excluding ortho intramolecular Hbond substituents is 1. The Morgan fingerprint density at radius 3 is 1.67 bits per heavy atom. The van der Waals surface area contributed by atoms with Gasteiger partial charge in [-0.15, -0.1) is 0 Å². The summed E-state index contributed by atoms with van der Waals surface area (Å²) in [5, 5.41) is 9.73. The van der Waals surface area contributed by atoms with Crippen LogP contribution in [0.25, 0.3) is 6.08 Å². The molecule has 0 unspecified atom stereocenters. The van der Waals surface area contributed by atoms with Crippen molar-refractivity contribution < 1.29 is 33.6 Å². The molecule has 0 atom stereocenters. The lowest BCUT2D eigenvalue weighted by Gasteiger charge is -2.13. The molecule has 2 aromatic carbocycles. The standard InChI is InChI=1S/C20H22O7/c1-23-13-10-18(26-4)20(19(11-13)27-5)15(22)7-6-14-16(24-2)8-12(21)9-17(14)25-3/h6-11,21H,1-5H3/b7-6+. The van der Waals surface area contributed by atoms with Gasteiger partial charge in [0.15, 0.2) is 5.78 Å². The fourth-order valence-electron chi connectivity index (χ4n) is 2.58. The zero-order valence-corrected chi connectivity index (χ0v) is 15.9. The summed E-state index contributed by atoms with van der Waals surface area (Å²) >= 11 is 0. The molecule has 0 saturated heterocycles. The van der Waals surface area contributed by atoms with Crippen LogP contribution in [0, 0.1) is 0 Å². The van der Waals surface area contributed by atoms with Gasteiger partial charge in [-0.1, -0.05) is 0 Å². The highest BCUT2D eigenvalue weighted by atomic mass is 16.5. The number of aromatic hydroxyl groups is 1. The van der Waals surface area contributed by atoms with Crippen LogP contribution in [-0.2, 0) is 0 Å². The minimum absolute atomic E-state index is 0.00864. The van der Waals surface area contributed by atoms with E-state index in [1.54, 1.807) is 18.2 Å². The number of benzene rings is 2. The second-order valence-electron chi connectivity index (χ2n) is 5.37. The van der Waals surface area contributed by atoms with Crippen LogP contribution in [0.2, 0.25) is 0 Å². The molecule has 7 nitrogen and oxygen atoms in total. The van der Waals surface area contributed by atoms with Crippen molar-refractivity contribution in [3.05, 3.63) is 41.5 Å². The lowest BCUT2D eigenvalue weighted by molar-refractivity contribution is 0.104. The van der Waals surface area contributed by atoms with Crippen LogP contribution >= 0.6 is 0 Å². The van der Waals surface area contributed by atoms with Crippen LogP contribution in [0.3, 0.4) is 0 Å². The number of methoxy groups -OCH3 is 5. The number of carbonyl (C=O) groups is 1. The molecule has 1 N–H and O–H groups in total. The van der Waals surface area contributed by atoms with Gasteiger partial charge in [0.25, 0.3) is 0 Å². The summed E-state index contributed by atoms with van der Waals surface area (Å²) < 4.78 is 26.3. The van der Waals surface area contributed by atoms with E-state index < -0.39 is 0 Å². The summed E-state index contributed by atoms with van der Waals surface area (Å²) in [6.45, 7) is 0. The van der Waals surface area contributed by atoms with Crippen molar-refractivity contribution in [2.24, 2.45) is 0 Å². The molecule has 2 rings (SSSR count). The van der Waals surface area contributed by atoms with E-state index >= 15 is 0 Å². The maximum Gasteiger partial charge on any atom is 0.193 e. The number of rotatable bonds is 8. The van der Waals surface area contributed by atoms with Crippen LogP contribution in [0.15, 0.2) is 30.3 Å². The van der Waals surface area contributed by atoms with Crippen LogP contribution in [0.5, 0.6) is 34.5 Å². The number of carbonyl (C=O) groups excluding carboxylic acids is 1. The van der Waals surface area contributed by atoms with Gasteiger partial charge in [0.2, 0.25) is 0 Å². The Balaban J connectivity index is 2.50. The van der Waals surface area contributed by atoms with E-state index in [4.69, 9.17) is 23.7 Å². The second-order valence-corrected chi connectivity index (χ2v) is 5.37. The molecule has 0 fully saturated rings. The molecule has 0 bridgehead atoms. The molecule has 0 radical (unpaired) electrons. The smallest absolute Gasteiger partial charge is 0.193 e. The highest BCUT2D eigenvalue weighted by Gasteiger charge is 2.19. The Labute approximate surface area is 157 Å². The third-order valence-electron chi connectivity index (χ3n) is 3.89. The monoisotopic (exact) mass is 374 g/mol. The van der Waals surface area contributed by atoms with E-state index in [1.165, 1.54) is 53.8 Å². The first kappa shape index (κ1) is 20.0. The molecule has 0 spiro atoms. The molecule has 27 heavy (non-hydrogen) atoms. The van der Waals surface area contributed by atoms with Gasteiger partial charge in [-0.3, -0.25) is 4.79 Å². The zero-order valence-electron chi connectivity index (χ0n) is 15.9. The average Bonchev–Trinajstić information content (AvgIpc) is 2.70. The molecule has 0 amide bonds. The summed E-state index contributed by atoms with van der Waals surface area (Å²) in [6, 6.07) is 6.07. The molecule has 0 aliphatic heterocycles. The van der Waals surface area contributed by atoms with Crippen molar-refractivity contribution in [3.8, 4) is 34.5 Å². The predicted octanol–water partition coefficient (Wildman–Crippen LogP) is 3.33. The Kier molecular flexibility index (Phi) is 6.54. The minimum atomic E-state index is -0.344. The van der Waals surface area contributed by atoms with E-state index in [2.05, 4.69) is 0 Å². The van der Waals surface area contributed by atoms with Crippen molar-refractivity contribution in [3.63, 3.8) is 0 Å². The SMILES string of the molecule is COc1cc(OC)c(C(=O)/C=C/c2c(OC)cc(O)cc2OC)c(OC)c1. The molecule has 0 heterocycles. The van der Waals surface area contributed by atoms with Crippen LogP contribution in [0.4, 0.5) is 0 Å². The van der Waals surface area contributed by atoms with Crippen LogP contribution in [-0.4, -0.2) is 46.4 Å². The maximum atomic E-state index is 12.8. The van der Waals surface area contributed by atoms with Crippen molar-refractivity contribution in [2.45, 2.75) is 0 Å². The van der Waals surface area contributed by atoms with Gasteiger partial charge in [-0.25, -0.2) is 0 Å². The first-order valence-corrected chi connectivity index (χ1v) is 7.96. The topological polar surface area (TPSA) is 83.5 Å². The van der Waals surface area contributed by atoms with Gasteiger partial charge in [-0.2, -0.15) is 0 Å². The first-order chi connectivity index (χ1) is 13.0. The van der Waals surface area contributed by atoms with E-state index in [1.807, 2.05) is 0 Å². The summed E-state index contributed by atoms with van der Waals surface area (Å²) in [6.07, 6.45) is 2.90. The van der Waals surface area contributed by atoms with Crippen molar-refractivity contribution in [1.82, 2.24) is 0 Å². The summed E-state index contributed by atoms with van der Waals surface area (Å²) in [7, 11) is 7.35. The van der Waals surface area contributed by atoms with E-state index in [9.17, 15) is 9.90 Å². The maximum absolute atomic E-state index is 12.8. The highest BCUT2D eigenvalue weighted by molar-refractivity contribution is 6.11. The van der Waals surface area contributed by atoms with Gasteiger partial charge < -0.3 is 28.8 Å². The fraction of sp³-hybridized carbons (Fsp3) is 0.250. The van der Waals surface area contributed by atoms with E-state index in [0.717, 1.165) is 0 Å². The Hall–Kier alpha value is -3.35. The van der Waals surface area contributed by atoms with Gasteiger partial charge in [0.05, 0.1) is 41.1 Å². The summed E-state index contributed by atoms with van der Waals surface area (Å²) in [4.78, 5) is 12.8. The largest absolute Gasteiger partial charge is 0.508 e. The molecule has 7 heteroatoms. The molecule has 0 aliphatic carbocycles. The molecular formula is C20H22O7. The molecule has 2 aromatic rings. The van der Waals surface area contributed by atoms with Crippen molar-refractivity contribution in [2.75, 3.05) is 35.5 Å². The fourth-order valence-corrected chi connectivity index (χ4v) is 2.58. The number of hydrogen-bond donors (Lipinski definition) is 1. The van der Waals surface area contributed by atoms with Crippen LogP contribution < -0.4 is 23.7 Å². The third kappa shape index (κ3) is 4.25. The quantitative estimate of drug-likeness (QED) is 0.560. The Morgan fingerprint density at radius 2 is 1.26 bits per heavy atom. The van der Waals surface area contributed by atoms with Gasteiger partial charge in [-0.05, 0) is 12.2 Å². The number of phenols is 1. The Bertz CT molecular complexity index is 805. The predicted molar refractivity (Wildman–Crippen MR) is 101 cm³/mol. The summed E-state index contributed by atoms with van der Waals surface area (Å²) in [5.41, 5.74) is 0.770. The first-order valence-electron chi connectivity index (χ1n) is 7.96. The second kappa shape index (κ2) is 8.84. The zero-order chi connectivity index (χ0) is 20.0. The molecule has 0 aromatic heterocycles. The Morgan fingerprint density at radius 1 is 0.778 bits per heavy atom. The minimum Gasteiger partial charge on any atom is -0.508 e. The molecular weight excluding hydrogens is 352 g/mol. The lowest BCUT2D eigenvalue weighted by atomic mass is 10.1. The third-order valence-corrected chi connectivity index (χ3v) is 3.89. The number of ether oxygens (including phenoxy) is 5. The molecule has 0 saturated carbocycles. The van der Waals surface area contributed by atoms with E-state index in [-0.39, 0.29) is 17.1 Å². The van der Waals surface area contributed by atoms with Gasteiger partial charge in [0.1, 0.15) is 40.1 Å². The van der Waals surface area contributed by atoms with Gasteiger partial charge in [0, 0.05) is 24.3 Å². The molecule has 0 aliphatic rings. The normalized spacial score (nSPS) is 10.6. The average molecular weight is 374 g/mol. The number of allylic oxidation sites excluding steroid dienone is 1. The lowest BCUT2D eigenvalue weighted by Crippen LogP contribution is -2.03.